The largest absolute Gasteiger partial charge is 0.481 e. The maximum Gasteiger partial charge on any atom is 0.212 e. The zero-order valence-electron chi connectivity index (χ0n) is 8.39. The third-order valence-electron chi connectivity index (χ3n) is 1.83. The number of pyridine rings is 1. The van der Waals surface area contributed by atoms with Gasteiger partial charge >= 0.3 is 0 Å². The molecule has 2 aromatic heterocycles. The summed E-state index contributed by atoms with van der Waals surface area (Å²) in [6.07, 6.45) is 1.72. The van der Waals surface area contributed by atoms with Crippen LogP contribution in [0.25, 0.3) is 10.6 Å². The van der Waals surface area contributed by atoms with Crippen LogP contribution in [0.5, 0.6) is 5.88 Å². The second-order valence-corrected chi connectivity index (χ2v) is 3.73. The van der Waals surface area contributed by atoms with Crippen LogP contribution < -0.4 is 10.1 Å². The minimum absolute atomic E-state index is 0.595. The van der Waals surface area contributed by atoms with E-state index in [1.54, 1.807) is 19.4 Å². The Balaban J connectivity index is 2.28. The van der Waals surface area contributed by atoms with Gasteiger partial charge in [-0.1, -0.05) is 11.3 Å². The summed E-state index contributed by atoms with van der Waals surface area (Å²) in [7, 11) is 3.41. The highest BCUT2D eigenvalue weighted by Crippen LogP contribution is 2.25. The summed E-state index contributed by atoms with van der Waals surface area (Å²) in [5.41, 5.74) is 0.940. The summed E-state index contributed by atoms with van der Waals surface area (Å²) in [6, 6.07) is 3.71. The normalized spacial score (nSPS) is 10.0. The molecule has 5 nitrogen and oxygen atoms in total. The molecule has 2 heterocycles. The van der Waals surface area contributed by atoms with E-state index in [4.69, 9.17) is 4.74 Å². The predicted octanol–water partition coefficient (Wildman–Crippen LogP) is 1.65. The average Bonchev–Trinajstić information content (AvgIpc) is 2.78. The van der Waals surface area contributed by atoms with Crippen molar-refractivity contribution in [3.05, 3.63) is 18.3 Å². The van der Waals surface area contributed by atoms with Gasteiger partial charge in [-0.15, -0.1) is 10.2 Å². The van der Waals surface area contributed by atoms with Crippen molar-refractivity contribution >= 4 is 16.5 Å². The van der Waals surface area contributed by atoms with Crippen LogP contribution in [0, 0.1) is 0 Å². The zero-order chi connectivity index (χ0) is 10.7. The van der Waals surface area contributed by atoms with Crippen molar-refractivity contribution in [2.24, 2.45) is 0 Å². The topological polar surface area (TPSA) is 59.9 Å². The second kappa shape index (κ2) is 4.22. The van der Waals surface area contributed by atoms with Crippen LogP contribution in [0.15, 0.2) is 18.3 Å². The van der Waals surface area contributed by atoms with Crippen molar-refractivity contribution < 1.29 is 4.74 Å². The first-order valence-corrected chi connectivity index (χ1v) is 5.17. The van der Waals surface area contributed by atoms with Crippen molar-refractivity contribution in [2.75, 3.05) is 19.5 Å². The fourth-order valence-electron chi connectivity index (χ4n) is 1.07. The fourth-order valence-corrected chi connectivity index (χ4v) is 1.76. The molecule has 0 aliphatic rings. The molecule has 0 saturated carbocycles. The van der Waals surface area contributed by atoms with E-state index in [1.165, 1.54) is 11.3 Å². The molecular formula is C9H10N4OS. The van der Waals surface area contributed by atoms with Gasteiger partial charge in [0.25, 0.3) is 0 Å². The molecule has 0 fully saturated rings. The molecule has 0 spiro atoms. The molecule has 0 atom stereocenters. The highest BCUT2D eigenvalue weighted by atomic mass is 32.1. The first kappa shape index (κ1) is 9.85. The number of hydrogen-bond donors (Lipinski definition) is 1. The van der Waals surface area contributed by atoms with Crippen LogP contribution in [0.2, 0.25) is 0 Å². The van der Waals surface area contributed by atoms with E-state index in [2.05, 4.69) is 20.5 Å². The highest BCUT2D eigenvalue weighted by Gasteiger charge is 2.05. The summed E-state index contributed by atoms with van der Waals surface area (Å²) in [5.74, 6) is 0.595. The standard InChI is InChI=1S/C9H10N4OS/c1-10-9-13-12-8(15-9)6-3-4-7(14-2)11-5-6/h3-5H,1-2H3,(H,10,13). The third-order valence-corrected chi connectivity index (χ3v) is 2.82. The lowest BCUT2D eigenvalue weighted by atomic mass is 10.3. The van der Waals surface area contributed by atoms with Crippen molar-refractivity contribution in [3.63, 3.8) is 0 Å². The van der Waals surface area contributed by atoms with Crippen LogP contribution in [-0.2, 0) is 0 Å². The van der Waals surface area contributed by atoms with Crippen LogP contribution in [0.1, 0.15) is 0 Å². The Labute approximate surface area is 91.1 Å². The van der Waals surface area contributed by atoms with Gasteiger partial charge in [0.1, 0.15) is 0 Å². The van der Waals surface area contributed by atoms with Crippen LogP contribution >= 0.6 is 11.3 Å². The molecule has 0 aromatic carbocycles. The number of methoxy groups -OCH3 is 1. The smallest absolute Gasteiger partial charge is 0.212 e. The second-order valence-electron chi connectivity index (χ2n) is 2.75. The van der Waals surface area contributed by atoms with Gasteiger partial charge < -0.3 is 10.1 Å². The minimum atomic E-state index is 0.595. The van der Waals surface area contributed by atoms with Crippen LogP contribution in [0.4, 0.5) is 5.13 Å². The number of aromatic nitrogens is 3. The molecule has 0 aliphatic heterocycles. The molecule has 0 saturated heterocycles. The number of hydrogen-bond acceptors (Lipinski definition) is 6. The van der Waals surface area contributed by atoms with Gasteiger partial charge in [-0.2, -0.15) is 0 Å². The van der Waals surface area contributed by atoms with E-state index in [0.717, 1.165) is 15.7 Å². The molecule has 0 unspecified atom stereocenters. The monoisotopic (exact) mass is 222 g/mol. The predicted molar refractivity (Wildman–Crippen MR) is 59.2 cm³/mol. The lowest BCUT2D eigenvalue weighted by Gasteiger charge is -1.98. The number of nitrogens with one attached hydrogen (secondary N) is 1. The molecule has 1 N–H and O–H groups in total. The van der Waals surface area contributed by atoms with Crippen molar-refractivity contribution in [1.29, 1.82) is 0 Å². The van der Waals surface area contributed by atoms with Crippen LogP contribution in [0.3, 0.4) is 0 Å². The molecule has 6 heteroatoms. The molecule has 0 bridgehead atoms. The van der Waals surface area contributed by atoms with E-state index >= 15 is 0 Å². The lowest BCUT2D eigenvalue weighted by Crippen LogP contribution is -1.86. The molecule has 2 rings (SSSR count). The zero-order valence-corrected chi connectivity index (χ0v) is 9.21. The van der Waals surface area contributed by atoms with E-state index in [-0.39, 0.29) is 0 Å². The number of anilines is 1. The molecular weight excluding hydrogens is 212 g/mol. The van der Waals surface area contributed by atoms with Gasteiger partial charge in [0.2, 0.25) is 11.0 Å². The molecule has 0 radical (unpaired) electrons. The summed E-state index contributed by atoms with van der Waals surface area (Å²) < 4.78 is 4.98. The Hall–Kier alpha value is -1.69. The fraction of sp³-hybridized carbons (Fsp3) is 0.222. The Morgan fingerprint density at radius 3 is 2.73 bits per heavy atom. The van der Waals surface area contributed by atoms with Crippen molar-refractivity contribution in [3.8, 4) is 16.5 Å². The van der Waals surface area contributed by atoms with Gasteiger partial charge in [0.15, 0.2) is 5.01 Å². The first-order chi connectivity index (χ1) is 7.33. The van der Waals surface area contributed by atoms with Crippen molar-refractivity contribution in [1.82, 2.24) is 15.2 Å². The van der Waals surface area contributed by atoms with Gasteiger partial charge in [-0.05, 0) is 6.07 Å². The first-order valence-electron chi connectivity index (χ1n) is 4.35. The Kier molecular flexibility index (Phi) is 2.77. The van der Waals surface area contributed by atoms with Crippen molar-refractivity contribution in [2.45, 2.75) is 0 Å². The summed E-state index contributed by atoms with van der Waals surface area (Å²) in [4.78, 5) is 4.10. The van der Waals surface area contributed by atoms with Gasteiger partial charge in [0.05, 0.1) is 7.11 Å². The van der Waals surface area contributed by atoms with Gasteiger partial charge in [0, 0.05) is 24.9 Å². The minimum Gasteiger partial charge on any atom is -0.481 e. The van der Waals surface area contributed by atoms with Gasteiger partial charge in [-0.25, -0.2) is 4.98 Å². The number of nitrogens with zero attached hydrogens (tertiary/aromatic N) is 3. The quantitative estimate of drug-likeness (QED) is 0.855. The van der Waals surface area contributed by atoms with Crippen LogP contribution in [-0.4, -0.2) is 29.3 Å². The van der Waals surface area contributed by atoms with E-state index in [0.29, 0.717) is 5.88 Å². The molecule has 0 aliphatic carbocycles. The van der Waals surface area contributed by atoms with E-state index < -0.39 is 0 Å². The SMILES string of the molecule is CNc1nnc(-c2ccc(OC)nc2)s1. The highest BCUT2D eigenvalue weighted by molar-refractivity contribution is 7.18. The van der Waals surface area contributed by atoms with E-state index in [9.17, 15) is 0 Å². The summed E-state index contributed by atoms with van der Waals surface area (Å²) in [5, 5.41) is 12.6. The molecule has 78 valence electrons. The molecule has 2 aromatic rings. The van der Waals surface area contributed by atoms with E-state index in [1.807, 2.05) is 13.1 Å². The lowest BCUT2D eigenvalue weighted by molar-refractivity contribution is 0.398. The molecule has 0 amide bonds. The number of rotatable bonds is 3. The number of ether oxygens (including phenoxy) is 1. The Morgan fingerprint density at radius 2 is 2.20 bits per heavy atom. The molecule has 15 heavy (non-hydrogen) atoms. The maximum absolute atomic E-state index is 4.98. The average molecular weight is 222 g/mol. The Bertz CT molecular complexity index is 440. The summed E-state index contributed by atoms with van der Waals surface area (Å²) in [6.45, 7) is 0. The maximum atomic E-state index is 4.98. The Morgan fingerprint density at radius 1 is 1.33 bits per heavy atom. The third kappa shape index (κ3) is 2.04. The summed E-state index contributed by atoms with van der Waals surface area (Å²) >= 11 is 1.49. The van der Waals surface area contributed by atoms with Gasteiger partial charge in [-0.3, -0.25) is 0 Å².